The molecule has 10 heteroatoms. The molecule has 0 unspecified atom stereocenters. The molecule has 6 aromatic rings. The summed E-state index contributed by atoms with van der Waals surface area (Å²) in [6.45, 7) is 3.58. The number of carbonyl (C=O) groups excluding carboxylic acids is 1. The van der Waals surface area contributed by atoms with Crippen LogP contribution in [0.4, 0.5) is 0 Å². The average Bonchev–Trinajstić information content (AvgIpc) is 3.26. The molecule has 0 aromatic heterocycles. The molecule has 1 saturated heterocycles. The van der Waals surface area contributed by atoms with Crippen molar-refractivity contribution in [1.82, 2.24) is 14.9 Å². The van der Waals surface area contributed by atoms with Crippen molar-refractivity contribution in [3.63, 3.8) is 0 Å². The van der Waals surface area contributed by atoms with Crippen LogP contribution in [0.15, 0.2) is 163 Å². The molecule has 7 rings (SSSR count). The SMILES string of the molecule is Cc1ccc(S(=O)(=O)N[C@H](Cc2ccccc2)C(=O)NCc2ccccc2-c2ccc([C@H]3O[C@@H](CN(C)Cc4ccccc4)C[C@@H](c4ccc(CO)cc4)O3)cc2)cc1. The van der Waals surface area contributed by atoms with Gasteiger partial charge in [-0.3, -0.25) is 9.69 Å². The lowest BCUT2D eigenvalue weighted by atomic mass is 9.97. The molecule has 0 spiro atoms. The first-order valence-electron chi connectivity index (χ1n) is 20.0. The smallest absolute Gasteiger partial charge is 0.241 e. The van der Waals surface area contributed by atoms with Crippen LogP contribution in [0.2, 0.25) is 0 Å². The number of aryl methyl sites for hydroxylation is 1. The number of rotatable bonds is 16. The normalized spacial score (nSPS) is 17.4. The van der Waals surface area contributed by atoms with Gasteiger partial charge in [0.05, 0.1) is 23.7 Å². The highest BCUT2D eigenvalue weighted by atomic mass is 32.2. The van der Waals surface area contributed by atoms with Crippen LogP contribution in [-0.4, -0.2) is 50.1 Å². The molecule has 0 aliphatic carbocycles. The third kappa shape index (κ3) is 11.2. The summed E-state index contributed by atoms with van der Waals surface area (Å²) in [5.74, 6) is -0.425. The summed E-state index contributed by atoms with van der Waals surface area (Å²) in [4.78, 5) is 16.2. The zero-order chi connectivity index (χ0) is 41.2. The van der Waals surface area contributed by atoms with Crippen LogP contribution in [0.1, 0.15) is 57.8 Å². The molecule has 3 N–H and O–H groups in total. The Morgan fingerprint density at radius 3 is 2.05 bits per heavy atom. The Hall–Kier alpha value is -5.46. The highest BCUT2D eigenvalue weighted by Crippen LogP contribution is 2.39. The van der Waals surface area contributed by atoms with Crippen molar-refractivity contribution in [2.75, 3.05) is 13.6 Å². The van der Waals surface area contributed by atoms with E-state index in [1.165, 1.54) is 5.56 Å². The summed E-state index contributed by atoms with van der Waals surface area (Å²) in [5.41, 5.74) is 8.55. The van der Waals surface area contributed by atoms with E-state index in [9.17, 15) is 18.3 Å². The van der Waals surface area contributed by atoms with Gasteiger partial charge in [-0.2, -0.15) is 4.72 Å². The van der Waals surface area contributed by atoms with Crippen molar-refractivity contribution >= 4 is 15.9 Å². The zero-order valence-corrected chi connectivity index (χ0v) is 34.2. The van der Waals surface area contributed by atoms with Gasteiger partial charge in [-0.1, -0.05) is 151 Å². The van der Waals surface area contributed by atoms with E-state index in [4.69, 9.17) is 9.47 Å². The van der Waals surface area contributed by atoms with E-state index in [0.29, 0.717) is 6.42 Å². The zero-order valence-electron chi connectivity index (χ0n) is 33.4. The first-order valence-corrected chi connectivity index (χ1v) is 21.4. The largest absolute Gasteiger partial charge is 0.392 e. The maximum absolute atomic E-state index is 13.8. The highest BCUT2D eigenvalue weighted by molar-refractivity contribution is 7.89. The lowest BCUT2D eigenvalue weighted by Gasteiger charge is -2.38. The minimum absolute atomic E-state index is 0.0167. The molecule has 59 heavy (non-hydrogen) atoms. The Morgan fingerprint density at radius 2 is 1.37 bits per heavy atom. The van der Waals surface area contributed by atoms with Crippen LogP contribution >= 0.6 is 0 Å². The Bertz CT molecular complexity index is 2380. The average molecular weight is 810 g/mol. The maximum Gasteiger partial charge on any atom is 0.241 e. The number of hydrogen-bond acceptors (Lipinski definition) is 7. The lowest BCUT2D eigenvalue weighted by Crippen LogP contribution is -2.47. The Balaban J connectivity index is 1.06. The number of hydrogen-bond donors (Lipinski definition) is 3. The Labute approximate surface area is 347 Å². The number of aliphatic hydroxyl groups is 1. The molecule has 0 saturated carbocycles. The standard InChI is InChI=1S/C49H51N3O6S/c1-35-17-27-44(28-18-35)59(55,56)51-46(29-36-11-5-3-6-12-36)48(54)50-31-42-15-9-10-16-45(42)39-23-25-41(26-24-39)49-57-43(33-52(2)32-37-13-7-4-8-14-37)30-47(58-49)40-21-19-38(34-53)20-22-40/h3-28,43,46-47,49,51,53H,29-34H2,1-2H3,(H,50,54)/t43-,46-,47+,49+/m1/s1. The van der Waals surface area contributed by atoms with Gasteiger partial charge in [-0.15, -0.1) is 0 Å². The fraction of sp³-hybridized carbons (Fsp3) is 0.245. The van der Waals surface area contributed by atoms with Gasteiger partial charge in [-0.05, 0) is 71.5 Å². The van der Waals surface area contributed by atoms with Gasteiger partial charge in [-0.25, -0.2) is 8.42 Å². The van der Waals surface area contributed by atoms with Gasteiger partial charge >= 0.3 is 0 Å². The first kappa shape index (κ1) is 41.7. The number of likely N-dealkylation sites (N-methyl/N-ethyl adjacent to an activating group) is 1. The number of nitrogens with one attached hydrogen (secondary N) is 2. The van der Waals surface area contributed by atoms with E-state index in [1.807, 2.05) is 116 Å². The molecule has 1 aliphatic rings. The second-order valence-corrected chi connectivity index (χ2v) is 16.9. The van der Waals surface area contributed by atoms with E-state index in [0.717, 1.165) is 57.6 Å². The van der Waals surface area contributed by atoms with Gasteiger partial charge in [0.2, 0.25) is 15.9 Å². The third-order valence-corrected chi connectivity index (χ3v) is 12.1. The molecular weight excluding hydrogens is 759 g/mol. The fourth-order valence-corrected chi connectivity index (χ4v) is 8.63. The lowest BCUT2D eigenvalue weighted by molar-refractivity contribution is -0.252. The van der Waals surface area contributed by atoms with E-state index < -0.39 is 28.3 Å². The number of sulfonamides is 1. The van der Waals surface area contributed by atoms with Gasteiger partial charge in [0.1, 0.15) is 6.04 Å². The van der Waals surface area contributed by atoms with Crippen LogP contribution in [-0.2, 0) is 50.4 Å². The predicted molar refractivity (Wildman–Crippen MR) is 230 cm³/mol. The number of carbonyl (C=O) groups is 1. The van der Waals surface area contributed by atoms with Gasteiger partial charge in [0, 0.05) is 31.6 Å². The molecule has 304 valence electrons. The van der Waals surface area contributed by atoms with Crippen molar-refractivity contribution in [2.24, 2.45) is 0 Å². The van der Waals surface area contributed by atoms with Crippen LogP contribution in [0.25, 0.3) is 11.1 Å². The molecule has 4 atom stereocenters. The summed E-state index contributed by atoms with van der Waals surface area (Å²) < 4.78 is 42.8. The number of benzene rings is 6. The van der Waals surface area contributed by atoms with Crippen molar-refractivity contribution in [3.05, 3.63) is 197 Å². The second kappa shape index (κ2) is 19.5. The molecule has 0 radical (unpaired) electrons. The monoisotopic (exact) mass is 809 g/mol. The third-order valence-electron chi connectivity index (χ3n) is 10.6. The van der Waals surface area contributed by atoms with Crippen LogP contribution < -0.4 is 10.0 Å². The van der Waals surface area contributed by atoms with E-state index >= 15 is 0 Å². The minimum Gasteiger partial charge on any atom is -0.392 e. The number of amides is 1. The van der Waals surface area contributed by atoms with Crippen LogP contribution in [0.3, 0.4) is 0 Å². The van der Waals surface area contributed by atoms with Crippen LogP contribution in [0.5, 0.6) is 0 Å². The van der Waals surface area contributed by atoms with Gasteiger partial charge < -0.3 is 19.9 Å². The summed E-state index contributed by atoms with van der Waals surface area (Å²) in [5, 5.41) is 12.6. The fourth-order valence-electron chi connectivity index (χ4n) is 7.43. The van der Waals surface area contributed by atoms with Gasteiger partial charge in [0.25, 0.3) is 0 Å². The molecule has 0 bridgehead atoms. The Kier molecular flexibility index (Phi) is 13.8. The van der Waals surface area contributed by atoms with Gasteiger partial charge in [0.15, 0.2) is 6.29 Å². The molecule has 1 aliphatic heterocycles. The quantitative estimate of drug-likeness (QED) is 0.0907. The van der Waals surface area contributed by atoms with Crippen molar-refractivity contribution in [2.45, 2.75) is 68.9 Å². The minimum atomic E-state index is -3.98. The first-order chi connectivity index (χ1) is 28.6. The summed E-state index contributed by atoms with van der Waals surface area (Å²) in [7, 11) is -1.87. The van der Waals surface area contributed by atoms with Crippen molar-refractivity contribution in [1.29, 1.82) is 0 Å². The Morgan fingerprint density at radius 1 is 0.746 bits per heavy atom. The van der Waals surface area contributed by atoms with Crippen LogP contribution in [0, 0.1) is 6.92 Å². The maximum atomic E-state index is 13.8. The summed E-state index contributed by atoms with van der Waals surface area (Å²) in [6, 6.07) is 49.1. The molecule has 1 fully saturated rings. The molecule has 9 nitrogen and oxygen atoms in total. The van der Waals surface area contributed by atoms with E-state index in [-0.39, 0.29) is 36.7 Å². The van der Waals surface area contributed by atoms with Crippen molar-refractivity contribution < 1.29 is 27.8 Å². The second-order valence-electron chi connectivity index (χ2n) is 15.2. The molecule has 6 aromatic carbocycles. The predicted octanol–water partition coefficient (Wildman–Crippen LogP) is 8.04. The topological polar surface area (TPSA) is 117 Å². The molecule has 1 amide bonds. The number of aliphatic hydroxyl groups excluding tert-OH is 1. The molecular formula is C49H51N3O6S. The summed E-state index contributed by atoms with van der Waals surface area (Å²) in [6.07, 6.45) is -0.0280. The molecule has 1 heterocycles. The van der Waals surface area contributed by atoms with Crippen molar-refractivity contribution in [3.8, 4) is 11.1 Å². The van der Waals surface area contributed by atoms with E-state index in [1.54, 1.807) is 24.3 Å². The number of nitrogens with zero attached hydrogens (tertiary/aromatic N) is 1. The number of ether oxygens (including phenoxy) is 2. The highest BCUT2D eigenvalue weighted by Gasteiger charge is 2.33. The summed E-state index contributed by atoms with van der Waals surface area (Å²) >= 11 is 0. The van der Waals surface area contributed by atoms with E-state index in [2.05, 4.69) is 46.3 Å².